The maximum Gasteiger partial charge on any atom is 0.291 e. The van der Waals surface area contributed by atoms with Crippen LogP contribution in [0.15, 0.2) is 57.7 Å². The molecule has 108 valence electrons. The number of hydrogen-bond acceptors (Lipinski definition) is 4. The van der Waals surface area contributed by atoms with Crippen molar-refractivity contribution < 1.29 is 13.6 Å². The van der Waals surface area contributed by atoms with E-state index in [0.717, 1.165) is 10.9 Å². The summed E-state index contributed by atoms with van der Waals surface area (Å²) < 4.78 is 10.8. The molecule has 0 aliphatic heterocycles. The summed E-state index contributed by atoms with van der Waals surface area (Å²) in [7, 11) is 0. The van der Waals surface area contributed by atoms with Gasteiger partial charge in [0.25, 0.3) is 5.91 Å². The molecule has 4 rings (SSSR count). The lowest BCUT2D eigenvalue weighted by Gasteiger charge is -2.02. The largest absolute Gasteiger partial charge is 0.451 e. The normalized spacial score (nSPS) is 11.1. The van der Waals surface area contributed by atoms with Gasteiger partial charge in [0.1, 0.15) is 11.1 Å². The van der Waals surface area contributed by atoms with Crippen molar-refractivity contribution in [2.75, 3.05) is 5.32 Å². The number of oxazole rings is 1. The van der Waals surface area contributed by atoms with Crippen LogP contribution in [0.4, 0.5) is 5.69 Å². The molecular formula is C17H12N2O3. The maximum atomic E-state index is 12.3. The second-order valence-corrected chi connectivity index (χ2v) is 5.14. The third kappa shape index (κ3) is 2.13. The minimum Gasteiger partial charge on any atom is -0.451 e. The Balaban J connectivity index is 1.64. The average molecular weight is 292 g/mol. The number of furan rings is 1. The van der Waals surface area contributed by atoms with Crippen LogP contribution in [-0.4, -0.2) is 10.9 Å². The van der Waals surface area contributed by atoms with Gasteiger partial charge in [0.2, 0.25) is 0 Å². The van der Waals surface area contributed by atoms with Crippen LogP contribution in [0.2, 0.25) is 0 Å². The van der Waals surface area contributed by atoms with E-state index in [-0.39, 0.29) is 11.7 Å². The maximum absolute atomic E-state index is 12.3. The standard InChI is InChI=1S/C17H12N2O3/c1-10-2-3-11-7-16(22-15(11)6-10)17(20)19-12-4-5-14-13(8-12)18-9-21-14/h2-9H,1H3,(H,19,20). The van der Waals surface area contributed by atoms with Gasteiger partial charge in [0.05, 0.1) is 0 Å². The molecule has 22 heavy (non-hydrogen) atoms. The molecular weight excluding hydrogens is 280 g/mol. The Labute approximate surface area is 125 Å². The highest BCUT2D eigenvalue weighted by atomic mass is 16.3. The predicted octanol–water partition coefficient (Wildman–Crippen LogP) is 4.13. The highest BCUT2D eigenvalue weighted by Gasteiger charge is 2.13. The quantitative estimate of drug-likeness (QED) is 0.603. The second kappa shape index (κ2) is 4.73. The van der Waals surface area contributed by atoms with Crippen molar-refractivity contribution in [3.8, 4) is 0 Å². The minimum absolute atomic E-state index is 0.279. The van der Waals surface area contributed by atoms with Crippen molar-refractivity contribution in [3.05, 3.63) is 60.2 Å². The molecule has 0 saturated carbocycles. The molecule has 0 spiro atoms. The van der Waals surface area contributed by atoms with Gasteiger partial charge < -0.3 is 14.2 Å². The Bertz CT molecular complexity index is 997. The number of aryl methyl sites for hydroxylation is 1. The van der Waals surface area contributed by atoms with Gasteiger partial charge in [-0.25, -0.2) is 4.98 Å². The zero-order chi connectivity index (χ0) is 15.1. The van der Waals surface area contributed by atoms with E-state index in [9.17, 15) is 4.79 Å². The zero-order valence-corrected chi connectivity index (χ0v) is 11.8. The molecule has 2 heterocycles. The summed E-state index contributed by atoms with van der Waals surface area (Å²) in [6, 6.07) is 12.8. The predicted molar refractivity (Wildman–Crippen MR) is 82.9 cm³/mol. The molecule has 2 aromatic heterocycles. The van der Waals surface area contributed by atoms with E-state index in [2.05, 4.69) is 10.3 Å². The van der Waals surface area contributed by atoms with Gasteiger partial charge >= 0.3 is 0 Å². The molecule has 0 aliphatic rings. The monoisotopic (exact) mass is 292 g/mol. The van der Waals surface area contributed by atoms with Gasteiger partial charge in [-0.1, -0.05) is 12.1 Å². The first-order valence-corrected chi connectivity index (χ1v) is 6.84. The number of nitrogens with zero attached hydrogens (tertiary/aromatic N) is 1. The Kier molecular flexibility index (Phi) is 2.72. The first-order valence-electron chi connectivity index (χ1n) is 6.84. The molecule has 0 bridgehead atoms. The number of hydrogen-bond donors (Lipinski definition) is 1. The number of nitrogens with one attached hydrogen (secondary N) is 1. The van der Waals surface area contributed by atoms with Gasteiger partial charge in [-0.2, -0.15) is 0 Å². The zero-order valence-electron chi connectivity index (χ0n) is 11.8. The fourth-order valence-electron chi connectivity index (χ4n) is 2.38. The van der Waals surface area contributed by atoms with Gasteiger partial charge in [0.15, 0.2) is 17.7 Å². The van der Waals surface area contributed by atoms with E-state index >= 15 is 0 Å². The van der Waals surface area contributed by atoms with Crippen molar-refractivity contribution in [2.24, 2.45) is 0 Å². The number of benzene rings is 2. The molecule has 0 radical (unpaired) electrons. The smallest absolute Gasteiger partial charge is 0.291 e. The number of rotatable bonds is 2. The third-order valence-electron chi connectivity index (χ3n) is 3.49. The van der Waals surface area contributed by atoms with E-state index in [0.29, 0.717) is 22.4 Å². The summed E-state index contributed by atoms with van der Waals surface area (Å²) in [4.78, 5) is 16.4. The molecule has 0 atom stereocenters. The van der Waals surface area contributed by atoms with Crippen LogP contribution < -0.4 is 5.32 Å². The lowest BCUT2D eigenvalue weighted by atomic mass is 10.2. The summed E-state index contributed by atoms with van der Waals surface area (Å²) >= 11 is 0. The molecule has 2 aromatic carbocycles. The SMILES string of the molecule is Cc1ccc2cc(C(=O)Nc3ccc4ocnc4c3)oc2c1. The lowest BCUT2D eigenvalue weighted by Crippen LogP contribution is -2.10. The Morgan fingerprint density at radius 3 is 2.91 bits per heavy atom. The number of amides is 1. The fourth-order valence-corrected chi connectivity index (χ4v) is 2.38. The van der Waals surface area contributed by atoms with Crippen molar-refractivity contribution in [2.45, 2.75) is 6.92 Å². The second-order valence-electron chi connectivity index (χ2n) is 5.14. The van der Waals surface area contributed by atoms with Crippen molar-refractivity contribution in [1.82, 2.24) is 4.98 Å². The van der Waals surface area contributed by atoms with Crippen molar-refractivity contribution in [1.29, 1.82) is 0 Å². The fraction of sp³-hybridized carbons (Fsp3) is 0.0588. The molecule has 0 fully saturated rings. The van der Waals surface area contributed by atoms with Crippen LogP contribution in [0, 0.1) is 6.92 Å². The molecule has 5 heteroatoms. The van der Waals surface area contributed by atoms with E-state index in [1.165, 1.54) is 6.39 Å². The van der Waals surface area contributed by atoms with E-state index < -0.39 is 0 Å². The van der Waals surface area contributed by atoms with Gasteiger partial charge in [-0.3, -0.25) is 4.79 Å². The summed E-state index contributed by atoms with van der Waals surface area (Å²) in [5.74, 6) is -0.0162. The Morgan fingerprint density at radius 1 is 1.09 bits per heavy atom. The highest BCUT2D eigenvalue weighted by Crippen LogP contribution is 2.22. The highest BCUT2D eigenvalue weighted by molar-refractivity contribution is 6.05. The van der Waals surface area contributed by atoms with Gasteiger partial charge in [-0.05, 0) is 42.8 Å². The van der Waals surface area contributed by atoms with E-state index in [1.54, 1.807) is 24.3 Å². The van der Waals surface area contributed by atoms with Gasteiger partial charge in [0, 0.05) is 11.1 Å². The average Bonchev–Trinajstić information content (AvgIpc) is 3.12. The third-order valence-corrected chi connectivity index (χ3v) is 3.49. The Morgan fingerprint density at radius 2 is 2.00 bits per heavy atom. The summed E-state index contributed by atoms with van der Waals surface area (Å²) in [6.45, 7) is 1.98. The van der Waals surface area contributed by atoms with Crippen LogP contribution in [0.1, 0.15) is 16.1 Å². The van der Waals surface area contributed by atoms with Gasteiger partial charge in [-0.15, -0.1) is 0 Å². The van der Waals surface area contributed by atoms with Crippen LogP contribution >= 0.6 is 0 Å². The molecule has 4 aromatic rings. The van der Waals surface area contributed by atoms with Crippen molar-refractivity contribution >= 4 is 33.7 Å². The van der Waals surface area contributed by atoms with Crippen LogP contribution in [-0.2, 0) is 0 Å². The topological polar surface area (TPSA) is 68.3 Å². The van der Waals surface area contributed by atoms with Crippen LogP contribution in [0.5, 0.6) is 0 Å². The molecule has 0 saturated heterocycles. The number of anilines is 1. The van der Waals surface area contributed by atoms with Crippen LogP contribution in [0.3, 0.4) is 0 Å². The molecule has 0 aliphatic carbocycles. The summed E-state index contributed by atoms with van der Waals surface area (Å²) in [5, 5.41) is 3.71. The Hall–Kier alpha value is -3.08. The first kappa shape index (κ1) is 12.6. The van der Waals surface area contributed by atoms with Crippen molar-refractivity contribution in [3.63, 3.8) is 0 Å². The number of fused-ring (bicyclic) bond motifs is 2. The number of aromatic nitrogens is 1. The lowest BCUT2D eigenvalue weighted by molar-refractivity contribution is 0.0998. The molecule has 5 nitrogen and oxygen atoms in total. The summed E-state index contributed by atoms with van der Waals surface area (Å²) in [6.07, 6.45) is 1.37. The first-order chi connectivity index (χ1) is 10.7. The molecule has 0 unspecified atom stereocenters. The number of carbonyl (C=O) groups excluding carboxylic acids is 1. The minimum atomic E-state index is -0.295. The van der Waals surface area contributed by atoms with Crippen LogP contribution in [0.25, 0.3) is 22.1 Å². The molecule has 1 N–H and O–H groups in total. The number of carbonyl (C=O) groups is 1. The summed E-state index contributed by atoms with van der Waals surface area (Å²) in [5.41, 5.74) is 3.81. The van der Waals surface area contributed by atoms with E-state index in [4.69, 9.17) is 8.83 Å². The van der Waals surface area contributed by atoms with E-state index in [1.807, 2.05) is 25.1 Å². The molecule has 1 amide bonds.